The Morgan fingerprint density at radius 3 is 2.00 bits per heavy atom. The Labute approximate surface area is 146 Å². The van der Waals surface area contributed by atoms with E-state index in [4.69, 9.17) is 0 Å². The molecular formula is C22H30O2. The summed E-state index contributed by atoms with van der Waals surface area (Å²) in [4.78, 5) is 0. The van der Waals surface area contributed by atoms with Gasteiger partial charge in [0.15, 0.2) is 0 Å². The molecule has 0 heterocycles. The Balaban J connectivity index is 1.99. The third-order valence-corrected chi connectivity index (χ3v) is 4.68. The molecule has 0 fully saturated rings. The predicted octanol–water partition coefficient (Wildman–Crippen LogP) is 6.16. The second-order valence-corrected chi connectivity index (χ2v) is 7.33. The van der Waals surface area contributed by atoms with Crippen LogP contribution in [0.5, 0.6) is 11.5 Å². The van der Waals surface area contributed by atoms with Gasteiger partial charge in [-0.05, 0) is 47.9 Å². The van der Waals surface area contributed by atoms with Gasteiger partial charge in [0.1, 0.15) is 11.5 Å². The third kappa shape index (κ3) is 5.30. The van der Waals surface area contributed by atoms with Gasteiger partial charge in [0.05, 0.1) is 0 Å². The van der Waals surface area contributed by atoms with Crippen molar-refractivity contribution < 1.29 is 10.2 Å². The Bertz CT molecular complexity index is 609. The maximum absolute atomic E-state index is 10.3. The van der Waals surface area contributed by atoms with E-state index >= 15 is 0 Å². The fourth-order valence-electron chi connectivity index (χ4n) is 3.10. The van der Waals surface area contributed by atoms with Crippen LogP contribution in [0.3, 0.4) is 0 Å². The van der Waals surface area contributed by atoms with E-state index in [-0.39, 0.29) is 11.5 Å². The minimum absolute atomic E-state index is 0.197. The van der Waals surface area contributed by atoms with Crippen molar-refractivity contribution in [3.05, 3.63) is 48.0 Å². The predicted molar refractivity (Wildman–Crippen MR) is 101 cm³/mol. The zero-order valence-corrected chi connectivity index (χ0v) is 15.1. The SMILES string of the molecule is CC(C)CCCC(C)CCc1c(O)cc(-c2ccccc2)cc1O. The van der Waals surface area contributed by atoms with Crippen molar-refractivity contribution in [2.75, 3.05) is 0 Å². The average Bonchev–Trinajstić information content (AvgIpc) is 2.54. The number of phenolic OH excluding ortho intramolecular Hbond substituents is 2. The van der Waals surface area contributed by atoms with Gasteiger partial charge >= 0.3 is 0 Å². The highest BCUT2D eigenvalue weighted by atomic mass is 16.3. The quantitative estimate of drug-likeness (QED) is 0.610. The van der Waals surface area contributed by atoms with E-state index in [0.717, 1.165) is 29.9 Å². The van der Waals surface area contributed by atoms with Crippen molar-refractivity contribution in [1.29, 1.82) is 0 Å². The van der Waals surface area contributed by atoms with Crippen molar-refractivity contribution in [1.82, 2.24) is 0 Å². The second kappa shape index (κ2) is 8.77. The van der Waals surface area contributed by atoms with E-state index < -0.39 is 0 Å². The monoisotopic (exact) mass is 326 g/mol. The van der Waals surface area contributed by atoms with E-state index in [1.54, 1.807) is 12.1 Å². The van der Waals surface area contributed by atoms with Crippen LogP contribution in [0.15, 0.2) is 42.5 Å². The lowest BCUT2D eigenvalue weighted by Crippen LogP contribution is -2.00. The molecule has 0 saturated heterocycles. The maximum atomic E-state index is 10.3. The van der Waals surface area contributed by atoms with Gasteiger partial charge in [0.2, 0.25) is 0 Å². The van der Waals surface area contributed by atoms with E-state index in [9.17, 15) is 10.2 Å². The first-order valence-electron chi connectivity index (χ1n) is 9.07. The molecule has 2 aromatic carbocycles. The summed E-state index contributed by atoms with van der Waals surface area (Å²) >= 11 is 0. The van der Waals surface area contributed by atoms with Crippen molar-refractivity contribution in [3.63, 3.8) is 0 Å². The number of phenols is 2. The summed E-state index contributed by atoms with van der Waals surface area (Å²) in [6.45, 7) is 6.77. The molecule has 0 aliphatic carbocycles. The van der Waals surface area contributed by atoms with Crippen LogP contribution >= 0.6 is 0 Å². The molecule has 0 spiro atoms. The van der Waals surface area contributed by atoms with Gasteiger partial charge in [-0.2, -0.15) is 0 Å². The van der Waals surface area contributed by atoms with E-state index in [0.29, 0.717) is 11.5 Å². The molecule has 24 heavy (non-hydrogen) atoms. The number of hydrogen-bond donors (Lipinski definition) is 2. The summed E-state index contributed by atoms with van der Waals surface area (Å²) < 4.78 is 0. The zero-order chi connectivity index (χ0) is 17.5. The molecule has 2 heteroatoms. The highest BCUT2D eigenvalue weighted by Crippen LogP contribution is 2.35. The lowest BCUT2D eigenvalue weighted by atomic mass is 9.93. The summed E-state index contributed by atoms with van der Waals surface area (Å²) in [6, 6.07) is 13.3. The summed E-state index contributed by atoms with van der Waals surface area (Å²) in [7, 11) is 0. The third-order valence-electron chi connectivity index (χ3n) is 4.68. The smallest absolute Gasteiger partial charge is 0.123 e. The van der Waals surface area contributed by atoms with Crippen LogP contribution in [-0.4, -0.2) is 10.2 Å². The van der Waals surface area contributed by atoms with Crippen molar-refractivity contribution in [2.45, 2.75) is 52.9 Å². The zero-order valence-electron chi connectivity index (χ0n) is 15.1. The Morgan fingerprint density at radius 1 is 0.792 bits per heavy atom. The van der Waals surface area contributed by atoms with Gasteiger partial charge in [0.25, 0.3) is 0 Å². The molecule has 0 aliphatic rings. The number of benzene rings is 2. The molecule has 1 atom stereocenters. The summed E-state index contributed by atoms with van der Waals surface area (Å²) in [5, 5.41) is 20.7. The van der Waals surface area contributed by atoms with Crippen LogP contribution in [-0.2, 0) is 6.42 Å². The molecule has 0 bridgehead atoms. The summed E-state index contributed by atoms with van der Waals surface area (Å²) in [5.41, 5.74) is 2.52. The number of hydrogen-bond acceptors (Lipinski definition) is 2. The fourth-order valence-corrected chi connectivity index (χ4v) is 3.10. The molecule has 130 valence electrons. The molecule has 2 rings (SSSR count). The minimum Gasteiger partial charge on any atom is -0.508 e. The summed E-state index contributed by atoms with van der Waals surface area (Å²) in [6.07, 6.45) is 5.44. The topological polar surface area (TPSA) is 40.5 Å². The largest absolute Gasteiger partial charge is 0.508 e. The van der Waals surface area contributed by atoms with Crippen LogP contribution in [0.25, 0.3) is 11.1 Å². The van der Waals surface area contributed by atoms with Crippen molar-refractivity contribution in [2.24, 2.45) is 11.8 Å². The maximum Gasteiger partial charge on any atom is 0.123 e. The Kier molecular flexibility index (Phi) is 6.72. The number of aromatic hydroxyl groups is 2. The number of rotatable bonds is 8. The molecule has 0 saturated carbocycles. The van der Waals surface area contributed by atoms with Gasteiger partial charge in [-0.1, -0.05) is 70.4 Å². The first-order valence-corrected chi connectivity index (χ1v) is 9.07. The normalized spacial score (nSPS) is 12.5. The molecule has 0 amide bonds. The molecule has 2 aromatic rings. The van der Waals surface area contributed by atoms with Crippen LogP contribution in [0, 0.1) is 11.8 Å². The molecule has 1 unspecified atom stereocenters. The molecule has 2 nitrogen and oxygen atoms in total. The van der Waals surface area contributed by atoms with Crippen LogP contribution in [0.1, 0.15) is 52.0 Å². The molecule has 0 aromatic heterocycles. The van der Waals surface area contributed by atoms with Gasteiger partial charge in [-0.3, -0.25) is 0 Å². The van der Waals surface area contributed by atoms with Crippen LogP contribution in [0.4, 0.5) is 0 Å². The first kappa shape index (κ1) is 18.4. The standard InChI is InChI=1S/C22H30O2/c1-16(2)8-7-9-17(3)12-13-20-21(23)14-19(15-22(20)24)18-10-5-4-6-11-18/h4-6,10-11,14-17,23-24H,7-9,12-13H2,1-3H3. The van der Waals surface area contributed by atoms with Gasteiger partial charge in [-0.15, -0.1) is 0 Å². The van der Waals surface area contributed by atoms with Gasteiger partial charge in [-0.25, -0.2) is 0 Å². The fraction of sp³-hybridized carbons (Fsp3) is 0.455. The molecule has 0 aliphatic heterocycles. The minimum atomic E-state index is 0.197. The summed E-state index contributed by atoms with van der Waals surface area (Å²) in [5.74, 6) is 1.76. The van der Waals surface area contributed by atoms with Crippen molar-refractivity contribution in [3.8, 4) is 22.6 Å². The lowest BCUT2D eigenvalue weighted by molar-refractivity contribution is 0.414. The lowest BCUT2D eigenvalue weighted by Gasteiger charge is -2.14. The Hall–Kier alpha value is -1.96. The van der Waals surface area contributed by atoms with Gasteiger partial charge in [0, 0.05) is 5.56 Å². The highest BCUT2D eigenvalue weighted by Gasteiger charge is 2.13. The van der Waals surface area contributed by atoms with Crippen LogP contribution in [0.2, 0.25) is 0 Å². The first-order chi connectivity index (χ1) is 11.5. The van der Waals surface area contributed by atoms with Gasteiger partial charge < -0.3 is 10.2 Å². The average molecular weight is 326 g/mol. The Morgan fingerprint density at radius 2 is 1.42 bits per heavy atom. The van der Waals surface area contributed by atoms with Crippen molar-refractivity contribution >= 4 is 0 Å². The molecule has 0 radical (unpaired) electrons. The van der Waals surface area contributed by atoms with E-state index in [1.807, 2.05) is 30.3 Å². The molecule has 2 N–H and O–H groups in total. The highest BCUT2D eigenvalue weighted by molar-refractivity contribution is 5.68. The van der Waals surface area contributed by atoms with Crippen LogP contribution < -0.4 is 0 Å². The second-order valence-electron chi connectivity index (χ2n) is 7.33. The van der Waals surface area contributed by atoms with E-state index in [1.165, 1.54) is 19.3 Å². The van der Waals surface area contributed by atoms with E-state index in [2.05, 4.69) is 20.8 Å². The molecular weight excluding hydrogens is 296 g/mol.